The van der Waals surface area contributed by atoms with E-state index in [9.17, 15) is 9.59 Å². The topological polar surface area (TPSA) is 75.4 Å². The van der Waals surface area contributed by atoms with Crippen molar-refractivity contribution in [1.82, 2.24) is 4.90 Å². The highest BCUT2D eigenvalue weighted by Gasteiger charge is 2.19. The molecule has 1 aromatic rings. The summed E-state index contributed by atoms with van der Waals surface area (Å²) in [5, 5.41) is 3.34. The summed E-state index contributed by atoms with van der Waals surface area (Å²) in [5.74, 6) is -0.618. The second-order valence-corrected chi connectivity index (χ2v) is 5.59. The van der Waals surface area contributed by atoms with Crippen molar-refractivity contribution >= 4 is 28.2 Å². The summed E-state index contributed by atoms with van der Waals surface area (Å²) in [6.07, 6.45) is 0. The molecule has 0 saturated heterocycles. The Labute approximate surface area is 117 Å². The lowest BCUT2D eigenvalue weighted by molar-refractivity contribution is -0.117. The maximum absolute atomic E-state index is 11.9. The normalized spacial score (nSPS) is 10.8. The molecule has 0 aliphatic heterocycles. The summed E-state index contributed by atoms with van der Waals surface area (Å²) in [5.41, 5.74) is 6.63. The maximum atomic E-state index is 11.9. The van der Waals surface area contributed by atoms with Crippen LogP contribution in [-0.2, 0) is 4.79 Å². The van der Waals surface area contributed by atoms with Gasteiger partial charge >= 0.3 is 0 Å². The molecular weight excluding hydrogens is 262 g/mol. The zero-order chi connectivity index (χ0) is 14.6. The predicted molar refractivity (Wildman–Crippen MR) is 78.7 cm³/mol. The monoisotopic (exact) mass is 283 g/mol. The van der Waals surface area contributed by atoms with E-state index in [0.29, 0.717) is 17.1 Å². The molecule has 0 aromatic carbocycles. The molecule has 5 nitrogen and oxygen atoms in total. The molecule has 2 amide bonds. The van der Waals surface area contributed by atoms with Gasteiger partial charge in [-0.3, -0.25) is 14.5 Å². The smallest absolute Gasteiger partial charge is 0.251 e. The minimum atomic E-state index is -0.500. The van der Waals surface area contributed by atoms with E-state index in [-0.39, 0.29) is 5.91 Å². The number of nitrogens with two attached hydrogens (primary N) is 1. The number of carbonyl (C=O) groups excluding carboxylic acids is 2. The molecule has 0 fully saturated rings. The molecule has 0 aliphatic carbocycles. The van der Waals surface area contributed by atoms with Crippen LogP contribution in [0.3, 0.4) is 0 Å². The number of hydrogen-bond donors (Lipinski definition) is 2. The van der Waals surface area contributed by atoms with Crippen molar-refractivity contribution in [3.63, 3.8) is 0 Å². The molecule has 0 radical (unpaired) electrons. The summed E-state index contributed by atoms with van der Waals surface area (Å²) in [4.78, 5) is 26.4. The van der Waals surface area contributed by atoms with Gasteiger partial charge in [-0.05, 0) is 32.5 Å². The number of thiophene rings is 1. The van der Waals surface area contributed by atoms with Crippen molar-refractivity contribution < 1.29 is 9.59 Å². The Hall–Kier alpha value is -1.40. The van der Waals surface area contributed by atoms with Crippen LogP contribution in [0, 0.1) is 13.8 Å². The fraction of sp³-hybridized carbons (Fsp3) is 0.538. The fourth-order valence-corrected chi connectivity index (χ4v) is 2.91. The van der Waals surface area contributed by atoms with Gasteiger partial charge in [-0.15, -0.1) is 11.3 Å². The second-order valence-electron chi connectivity index (χ2n) is 4.36. The molecule has 106 valence electrons. The molecule has 0 saturated carbocycles. The second kappa shape index (κ2) is 6.68. The molecule has 0 unspecified atom stereocenters. The quantitative estimate of drug-likeness (QED) is 0.835. The minimum Gasteiger partial charge on any atom is -0.365 e. The van der Waals surface area contributed by atoms with Crippen molar-refractivity contribution in [2.24, 2.45) is 5.73 Å². The van der Waals surface area contributed by atoms with Crippen LogP contribution in [0.2, 0.25) is 0 Å². The van der Waals surface area contributed by atoms with Crippen molar-refractivity contribution in [2.75, 3.05) is 25.0 Å². The SMILES string of the molecule is CCN(CC)CC(=O)Nc1sc(C)c(C)c1C(N)=O. The Morgan fingerprint density at radius 3 is 2.32 bits per heavy atom. The first-order valence-corrected chi connectivity index (χ1v) is 7.14. The van der Waals surface area contributed by atoms with Gasteiger partial charge in [0.1, 0.15) is 5.00 Å². The van der Waals surface area contributed by atoms with Crippen molar-refractivity contribution in [1.29, 1.82) is 0 Å². The summed E-state index contributed by atoms with van der Waals surface area (Å²) < 4.78 is 0. The van der Waals surface area contributed by atoms with Crippen LogP contribution in [-0.4, -0.2) is 36.3 Å². The zero-order valence-corrected chi connectivity index (χ0v) is 12.7. The number of nitrogens with zero attached hydrogens (tertiary/aromatic N) is 1. The van der Waals surface area contributed by atoms with E-state index in [1.165, 1.54) is 11.3 Å². The molecule has 1 heterocycles. The number of carbonyl (C=O) groups is 2. The van der Waals surface area contributed by atoms with Crippen molar-refractivity contribution in [3.8, 4) is 0 Å². The van der Waals surface area contributed by atoms with E-state index in [1.54, 1.807) is 0 Å². The number of anilines is 1. The largest absolute Gasteiger partial charge is 0.365 e. The van der Waals surface area contributed by atoms with Gasteiger partial charge in [0.25, 0.3) is 5.91 Å². The first-order valence-electron chi connectivity index (χ1n) is 6.32. The number of rotatable bonds is 6. The average molecular weight is 283 g/mol. The fourth-order valence-electron chi connectivity index (χ4n) is 1.83. The summed E-state index contributed by atoms with van der Waals surface area (Å²) >= 11 is 1.39. The standard InChI is InChI=1S/C13H21N3O2S/c1-5-16(6-2)7-10(17)15-13-11(12(14)18)8(3)9(4)19-13/h5-7H2,1-4H3,(H2,14,18)(H,15,17). The molecule has 0 spiro atoms. The van der Waals surface area contributed by atoms with E-state index in [1.807, 2.05) is 32.6 Å². The van der Waals surface area contributed by atoms with Crippen molar-refractivity contribution in [2.45, 2.75) is 27.7 Å². The van der Waals surface area contributed by atoms with E-state index >= 15 is 0 Å². The molecule has 1 aromatic heterocycles. The van der Waals surface area contributed by atoms with Gasteiger partial charge in [0.05, 0.1) is 12.1 Å². The van der Waals surface area contributed by atoms with Crippen LogP contribution >= 0.6 is 11.3 Å². The molecule has 3 N–H and O–H groups in total. The van der Waals surface area contributed by atoms with Crippen LogP contribution in [0.1, 0.15) is 34.6 Å². The van der Waals surface area contributed by atoms with Crippen molar-refractivity contribution in [3.05, 3.63) is 16.0 Å². The van der Waals surface area contributed by atoms with Gasteiger partial charge < -0.3 is 11.1 Å². The van der Waals surface area contributed by atoms with E-state index in [0.717, 1.165) is 23.5 Å². The highest BCUT2D eigenvalue weighted by Crippen LogP contribution is 2.31. The molecule has 0 aliphatic rings. The Bertz CT molecular complexity index is 478. The number of hydrogen-bond acceptors (Lipinski definition) is 4. The summed E-state index contributed by atoms with van der Waals surface area (Å²) in [7, 11) is 0. The van der Waals surface area contributed by atoms with Crippen LogP contribution in [0.4, 0.5) is 5.00 Å². The molecule has 0 atom stereocenters. The third-order valence-electron chi connectivity index (χ3n) is 3.15. The average Bonchev–Trinajstić information content (AvgIpc) is 2.61. The number of primary amides is 1. The van der Waals surface area contributed by atoms with Gasteiger partial charge in [-0.1, -0.05) is 13.8 Å². The van der Waals surface area contributed by atoms with Crippen LogP contribution in [0.25, 0.3) is 0 Å². The van der Waals surface area contributed by atoms with Gasteiger partial charge in [0.15, 0.2) is 0 Å². The lowest BCUT2D eigenvalue weighted by Gasteiger charge is -2.17. The third-order valence-corrected chi connectivity index (χ3v) is 4.27. The highest BCUT2D eigenvalue weighted by molar-refractivity contribution is 7.16. The summed E-state index contributed by atoms with van der Waals surface area (Å²) in [6, 6.07) is 0. The Morgan fingerprint density at radius 1 is 1.26 bits per heavy atom. The third kappa shape index (κ3) is 3.78. The summed E-state index contributed by atoms with van der Waals surface area (Å²) in [6.45, 7) is 9.71. The van der Waals surface area contributed by atoms with Crippen LogP contribution in [0.5, 0.6) is 0 Å². The maximum Gasteiger partial charge on any atom is 0.251 e. The highest BCUT2D eigenvalue weighted by atomic mass is 32.1. The molecular formula is C13H21N3O2S. The van der Waals surface area contributed by atoms with E-state index in [2.05, 4.69) is 5.32 Å². The minimum absolute atomic E-state index is 0.118. The predicted octanol–water partition coefficient (Wildman–Crippen LogP) is 1.74. The first kappa shape index (κ1) is 15.7. The lowest BCUT2D eigenvalue weighted by Crippen LogP contribution is -2.33. The number of amides is 2. The first-order chi connectivity index (χ1) is 8.90. The number of likely N-dealkylation sites (N-methyl/N-ethyl adjacent to an activating group) is 1. The van der Waals surface area contributed by atoms with Crippen LogP contribution < -0.4 is 11.1 Å². The number of nitrogens with one attached hydrogen (secondary N) is 1. The van der Waals surface area contributed by atoms with Crippen LogP contribution in [0.15, 0.2) is 0 Å². The Morgan fingerprint density at radius 2 is 1.84 bits per heavy atom. The zero-order valence-electron chi connectivity index (χ0n) is 11.9. The van der Waals surface area contributed by atoms with Gasteiger partial charge in [0.2, 0.25) is 5.91 Å². The van der Waals surface area contributed by atoms with E-state index in [4.69, 9.17) is 5.73 Å². The van der Waals surface area contributed by atoms with E-state index < -0.39 is 5.91 Å². The molecule has 0 bridgehead atoms. The van der Waals surface area contributed by atoms with Gasteiger partial charge in [0, 0.05) is 4.88 Å². The van der Waals surface area contributed by atoms with Gasteiger partial charge in [-0.2, -0.15) is 0 Å². The molecule has 1 rings (SSSR count). The molecule has 6 heteroatoms. The Balaban J connectivity index is 2.85. The lowest BCUT2D eigenvalue weighted by atomic mass is 10.1. The number of aryl methyl sites for hydroxylation is 1. The molecule has 19 heavy (non-hydrogen) atoms. The van der Waals surface area contributed by atoms with Gasteiger partial charge in [-0.25, -0.2) is 0 Å². The Kier molecular flexibility index (Phi) is 5.50.